The summed E-state index contributed by atoms with van der Waals surface area (Å²) in [6.07, 6.45) is 6.60. The van der Waals surface area contributed by atoms with E-state index in [9.17, 15) is 0 Å². The van der Waals surface area contributed by atoms with Gasteiger partial charge in [-0.25, -0.2) is 4.98 Å². The van der Waals surface area contributed by atoms with E-state index in [0.29, 0.717) is 0 Å². The highest BCUT2D eigenvalue weighted by atomic mass is 15.2. The molecule has 0 aliphatic carbocycles. The van der Waals surface area contributed by atoms with Crippen LogP contribution in [-0.4, -0.2) is 52.6 Å². The molecule has 1 aliphatic rings. The second-order valence-corrected chi connectivity index (χ2v) is 5.14. The Morgan fingerprint density at radius 1 is 1.53 bits per heavy atom. The maximum Gasteiger partial charge on any atom is 0.0948 e. The van der Waals surface area contributed by atoms with E-state index in [2.05, 4.69) is 40.4 Å². The van der Waals surface area contributed by atoms with Gasteiger partial charge in [-0.15, -0.1) is 0 Å². The summed E-state index contributed by atoms with van der Waals surface area (Å²) in [6.45, 7) is 6.58. The lowest BCUT2D eigenvalue weighted by atomic mass is 10.2. The van der Waals surface area contributed by atoms with Crippen LogP contribution in [0.3, 0.4) is 0 Å². The fourth-order valence-corrected chi connectivity index (χ4v) is 2.68. The zero-order chi connectivity index (χ0) is 12.3. The van der Waals surface area contributed by atoms with Crippen LogP contribution in [0.1, 0.15) is 25.5 Å². The summed E-state index contributed by atoms with van der Waals surface area (Å²) in [5.41, 5.74) is 1.32. The van der Waals surface area contributed by atoms with Crippen LogP contribution in [0.2, 0.25) is 0 Å². The lowest BCUT2D eigenvalue weighted by Gasteiger charge is -2.25. The Balaban J connectivity index is 1.86. The first-order chi connectivity index (χ1) is 8.20. The van der Waals surface area contributed by atoms with Crippen molar-refractivity contribution in [2.75, 3.05) is 27.2 Å². The molecule has 4 heteroatoms. The van der Waals surface area contributed by atoms with Crippen molar-refractivity contribution in [3.05, 3.63) is 18.2 Å². The second kappa shape index (κ2) is 5.65. The Morgan fingerprint density at radius 2 is 2.35 bits per heavy atom. The van der Waals surface area contributed by atoms with Crippen molar-refractivity contribution >= 4 is 0 Å². The number of hydrogen-bond acceptors (Lipinski definition) is 3. The Morgan fingerprint density at radius 3 is 3.00 bits per heavy atom. The average Bonchev–Trinajstić information content (AvgIpc) is 2.89. The van der Waals surface area contributed by atoms with Gasteiger partial charge in [-0.2, -0.15) is 0 Å². The van der Waals surface area contributed by atoms with Crippen LogP contribution >= 0.6 is 0 Å². The molecule has 17 heavy (non-hydrogen) atoms. The molecule has 4 nitrogen and oxygen atoms in total. The third kappa shape index (κ3) is 3.07. The fourth-order valence-electron chi connectivity index (χ4n) is 2.68. The molecule has 0 amide bonds. The Hall–Kier alpha value is -0.870. The molecule has 1 atom stereocenters. The summed E-state index contributed by atoms with van der Waals surface area (Å²) in [4.78, 5) is 9.11. The van der Waals surface area contributed by atoms with Crippen molar-refractivity contribution in [1.29, 1.82) is 0 Å². The van der Waals surface area contributed by atoms with Gasteiger partial charge in [0.2, 0.25) is 0 Å². The highest BCUT2D eigenvalue weighted by Crippen LogP contribution is 2.16. The topological polar surface area (TPSA) is 24.3 Å². The largest absolute Gasteiger partial charge is 0.334 e. The van der Waals surface area contributed by atoms with Crippen molar-refractivity contribution < 1.29 is 0 Å². The van der Waals surface area contributed by atoms with Crippen LogP contribution in [0.4, 0.5) is 0 Å². The molecule has 0 spiro atoms. The van der Waals surface area contributed by atoms with Gasteiger partial charge in [0.05, 0.1) is 12.0 Å². The van der Waals surface area contributed by atoms with Gasteiger partial charge in [0.25, 0.3) is 0 Å². The number of nitrogens with zero attached hydrogens (tertiary/aromatic N) is 4. The van der Waals surface area contributed by atoms with E-state index in [-0.39, 0.29) is 0 Å². The third-order valence-corrected chi connectivity index (χ3v) is 3.77. The van der Waals surface area contributed by atoms with Crippen LogP contribution in [-0.2, 0) is 13.1 Å². The van der Waals surface area contributed by atoms with E-state index >= 15 is 0 Å². The monoisotopic (exact) mass is 236 g/mol. The number of aryl methyl sites for hydroxylation is 1. The maximum atomic E-state index is 4.22. The van der Waals surface area contributed by atoms with Gasteiger partial charge in [0, 0.05) is 31.9 Å². The number of hydrogen-bond donors (Lipinski definition) is 0. The minimum Gasteiger partial charge on any atom is -0.334 e. The SMILES string of the molecule is CCn1cncc1CN(C)C[C@H]1CCCN1C. The molecule has 2 rings (SSSR count). The molecule has 0 N–H and O–H groups in total. The molecule has 0 radical (unpaired) electrons. The smallest absolute Gasteiger partial charge is 0.0948 e. The predicted octanol–water partition coefficient (Wildman–Crippen LogP) is 1.43. The summed E-state index contributed by atoms with van der Waals surface area (Å²) < 4.78 is 2.22. The van der Waals surface area contributed by atoms with E-state index in [1.165, 1.54) is 25.1 Å². The molecule has 1 saturated heterocycles. The Labute approximate surface area is 104 Å². The molecule has 0 bridgehead atoms. The van der Waals surface area contributed by atoms with Crippen LogP contribution in [0, 0.1) is 0 Å². The molecular formula is C13H24N4. The van der Waals surface area contributed by atoms with Crippen molar-refractivity contribution in [1.82, 2.24) is 19.4 Å². The number of likely N-dealkylation sites (tertiary alicyclic amines) is 1. The van der Waals surface area contributed by atoms with Crippen LogP contribution in [0.25, 0.3) is 0 Å². The van der Waals surface area contributed by atoms with Crippen molar-refractivity contribution in [3.63, 3.8) is 0 Å². The van der Waals surface area contributed by atoms with E-state index in [1.807, 2.05) is 12.5 Å². The van der Waals surface area contributed by atoms with Gasteiger partial charge < -0.3 is 9.47 Å². The van der Waals surface area contributed by atoms with Crippen LogP contribution < -0.4 is 0 Å². The fraction of sp³-hybridized carbons (Fsp3) is 0.769. The van der Waals surface area contributed by atoms with Crippen molar-refractivity contribution in [2.45, 2.75) is 38.9 Å². The summed E-state index contributed by atoms with van der Waals surface area (Å²) in [6, 6.07) is 0.734. The van der Waals surface area contributed by atoms with E-state index < -0.39 is 0 Å². The first kappa shape index (κ1) is 12.6. The number of imidazole rings is 1. The maximum absolute atomic E-state index is 4.22. The molecule has 0 aromatic carbocycles. The van der Waals surface area contributed by atoms with Gasteiger partial charge in [0.1, 0.15) is 0 Å². The first-order valence-electron chi connectivity index (χ1n) is 6.58. The molecule has 96 valence electrons. The van der Waals surface area contributed by atoms with Gasteiger partial charge in [-0.05, 0) is 40.4 Å². The van der Waals surface area contributed by atoms with E-state index in [0.717, 1.165) is 25.7 Å². The van der Waals surface area contributed by atoms with Gasteiger partial charge >= 0.3 is 0 Å². The predicted molar refractivity (Wildman–Crippen MR) is 69.9 cm³/mol. The van der Waals surface area contributed by atoms with E-state index in [1.54, 1.807) is 0 Å². The minimum atomic E-state index is 0.734. The minimum absolute atomic E-state index is 0.734. The Kier molecular flexibility index (Phi) is 4.18. The highest BCUT2D eigenvalue weighted by molar-refractivity contribution is 4.98. The standard InChI is InChI=1S/C13H24N4/c1-4-17-11-14-8-13(17)10-15(2)9-12-6-5-7-16(12)3/h8,11-12H,4-7,9-10H2,1-3H3/t12-/m1/s1. The lowest BCUT2D eigenvalue weighted by molar-refractivity contribution is 0.212. The number of rotatable bonds is 5. The normalized spacial score (nSPS) is 21.5. The first-order valence-corrected chi connectivity index (χ1v) is 6.58. The molecule has 0 saturated carbocycles. The molecule has 1 aromatic rings. The van der Waals surface area contributed by atoms with Gasteiger partial charge in [-0.1, -0.05) is 0 Å². The summed E-state index contributed by atoms with van der Waals surface area (Å²) >= 11 is 0. The van der Waals surface area contributed by atoms with Crippen molar-refractivity contribution in [2.24, 2.45) is 0 Å². The molecule has 1 aliphatic heterocycles. The molecule has 1 aromatic heterocycles. The lowest BCUT2D eigenvalue weighted by Crippen LogP contribution is -2.36. The molecule has 2 heterocycles. The second-order valence-electron chi connectivity index (χ2n) is 5.14. The third-order valence-electron chi connectivity index (χ3n) is 3.77. The summed E-state index contributed by atoms with van der Waals surface area (Å²) in [5, 5.41) is 0. The van der Waals surface area contributed by atoms with Gasteiger partial charge in [-0.3, -0.25) is 4.90 Å². The van der Waals surface area contributed by atoms with E-state index in [4.69, 9.17) is 0 Å². The van der Waals surface area contributed by atoms with Crippen molar-refractivity contribution in [3.8, 4) is 0 Å². The van der Waals surface area contributed by atoms with Crippen LogP contribution in [0.15, 0.2) is 12.5 Å². The Bertz CT molecular complexity index is 347. The zero-order valence-electron chi connectivity index (χ0n) is 11.3. The summed E-state index contributed by atoms with van der Waals surface area (Å²) in [5.74, 6) is 0. The average molecular weight is 236 g/mol. The molecular weight excluding hydrogens is 212 g/mol. The molecule has 0 unspecified atom stereocenters. The molecule has 1 fully saturated rings. The van der Waals surface area contributed by atoms with Gasteiger partial charge in [0.15, 0.2) is 0 Å². The number of likely N-dealkylation sites (N-methyl/N-ethyl adjacent to an activating group) is 2. The number of aromatic nitrogens is 2. The summed E-state index contributed by atoms with van der Waals surface area (Å²) in [7, 11) is 4.45. The quantitative estimate of drug-likeness (QED) is 0.773. The highest BCUT2D eigenvalue weighted by Gasteiger charge is 2.22. The zero-order valence-corrected chi connectivity index (χ0v) is 11.3. The van der Waals surface area contributed by atoms with Crippen LogP contribution in [0.5, 0.6) is 0 Å².